The summed E-state index contributed by atoms with van der Waals surface area (Å²) < 4.78 is 37.3. The summed E-state index contributed by atoms with van der Waals surface area (Å²) in [5.74, 6) is 0. The second kappa shape index (κ2) is 5.48. The fourth-order valence-electron chi connectivity index (χ4n) is 1.11. The van der Waals surface area contributed by atoms with Crippen molar-refractivity contribution in [2.45, 2.75) is 18.3 Å². The van der Waals surface area contributed by atoms with Crippen LogP contribution in [0, 0.1) is 0 Å². The Bertz CT molecular complexity index is 382. The van der Waals surface area contributed by atoms with Gasteiger partial charge in [0.25, 0.3) is 0 Å². The molecule has 1 heterocycles. The summed E-state index contributed by atoms with van der Waals surface area (Å²) in [7, 11) is 0. The number of anilines is 2. The summed E-state index contributed by atoms with van der Waals surface area (Å²) in [6, 6.07) is 0.933. The van der Waals surface area contributed by atoms with Gasteiger partial charge in [0.05, 0.1) is 17.6 Å². The Hall–Kier alpha value is -1.11. The van der Waals surface area contributed by atoms with E-state index in [2.05, 4.69) is 10.3 Å². The molecule has 1 aromatic heterocycles. The van der Waals surface area contributed by atoms with Crippen molar-refractivity contribution in [1.82, 2.24) is 4.98 Å². The first-order valence-electron chi connectivity index (χ1n) is 4.94. The third-order valence-electron chi connectivity index (χ3n) is 2.21. The monoisotopic (exact) mass is 265 g/mol. The molecule has 0 saturated heterocycles. The maximum Gasteiger partial charge on any atom is 0.433 e. The molecule has 3 N–H and O–H groups in total. The molecule has 0 aliphatic carbocycles. The summed E-state index contributed by atoms with van der Waals surface area (Å²) >= 11 is 1.62. The minimum atomic E-state index is -4.45. The summed E-state index contributed by atoms with van der Waals surface area (Å²) in [6.45, 7) is 2.52. The zero-order chi connectivity index (χ0) is 13.1. The van der Waals surface area contributed by atoms with Crippen LogP contribution in [-0.2, 0) is 6.18 Å². The molecule has 1 aromatic rings. The zero-order valence-corrected chi connectivity index (χ0v) is 10.3. The molecule has 0 fully saturated rings. The minimum Gasteiger partial charge on any atom is -0.396 e. The van der Waals surface area contributed by atoms with Gasteiger partial charge in [-0.05, 0) is 12.3 Å². The van der Waals surface area contributed by atoms with Gasteiger partial charge in [-0.15, -0.1) is 0 Å². The topological polar surface area (TPSA) is 50.9 Å². The SMILES string of the molecule is CSC(C)CNc1cc(C(F)(F)F)ncc1N. The average molecular weight is 265 g/mol. The van der Waals surface area contributed by atoms with E-state index in [1.54, 1.807) is 11.8 Å². The number of nitrogen functional groups attached to an aromatic ring is 1. The molecule has 0 aliphatic rings. The molecule has 0 aliphatic heterocycles. The number of pyridine rings is 1. The first kappa shape index (κ1) is 14.0. The van der Waals surface area contributed by atoms with Gasteiger partial charge >= 0.3 is 6.18 Å². The molecule has 0 saturated carbocycles. The molecule has 3 nitrogen and oxygen atoms in total. The summed E-state index contributed by atoms with van der Waals surface area (Å²) in [6.07, 6.45) is -1.49. The van der Waals surface area contributed by atoms with Crippen LogP contribution in [0.2, 0.25) is 0 Å². The highest BCUT2D eigenvalue weighted by Gasteiger charge is 2.32. The summed E-state index contributed by atoms with van der Waals surface area (Å²) in [5.41, 5.74) is 5.11. The van der Waals surface area contributed by atoms with Crippen LogP contribution in [0.3, 0.4) is 0 Å². The van der Waals surface area contributed by atoms with E-state index < -0.39 is 11.9 Å². The Kier molecular flexibility index (Phi) is 4.50. The fourth-order valence-corrected chi connectivity index (χ4v) is 1.36. The number of thioether (sulfide) groups is 1. The van der Waals surface area contributed by atoms with E-state index in [4.69, 9.17) is 5.73 Å². The van der Waals surface area contributed by atoms with Gasteiger partial charge in [0.1, 0.15) is 5.69 Å². The predicted molar refractivity (Wildman–Crippen MR) is 65.1 cm³/mol. The first-order chi connectivity index (χ1) is 7.84. The average Bonchev–Trinajstić information content (AvgIpc) is 2.26. The molecule has 0 spiro atoms. The van der Waals surface area contributed by atoms with Gasteiger partial charge in [0.2, 0.25) is 0 Å². The van der Waals surface area contributed by atoms with Crippen molar-refractivity contribution in [2.75, 3.05) is 23.9 Å². The van der Waals surface area contributed by atoms with Gasteiger partial charge in [-0.25, -0.2) is 4.98 Å². The van der Waals surface area contributed by atoms with Gasteiger partial charge in [-0.1, -0.05) is 6.92 Å². The number of halogens is 3. The van der Waals surface area contributed by atoms with E-state index in [0.29, 0.717) is 6.54 Å². The molecule has 0 aromatic carbocycles. The van der Waals surface area contributed by atoms with Crippen molar-refractivity contribution < 1.29 is 13.2 Å². The third-order valence-corrected chi connectivity index (χ3v) is 3.18. The second-order valence-corrected chi connectivity index (χ2v) is 4.86. The Morgan fingerprint density at radius 2 is 2.18 bits per heavy atom. The number of nitrogens with one attached hydrogen (secondary N) is 1. The fraction of sp³-hybridized carbons (Fsp3) is 0.500. The highest BCUT2D eigenvalue weighted by atomic mass is 32.2. The van der Waals surface area contributed by atoms with Crippen molar-refractivity contribution in [3.8, 4) is 0 Å². The molecule has 0 amide bonds. The van der Waals surface area contributed by atoms with E-state index in [1.807, 2.05) is 13.2 Å². The number of rotatable bonds is 4. The van der Waals surface area contributed by atoms with Crippen molar-refractivity contribution >= 4 is 23.1 Å². The van der Waals surface area contributed by atoms with E-state index in [0.717, 1.165) is 12.3 Å². The quantitative estimate of drug-likeness (QED) is 0.879. The van der Waals surface area contributed by atoms with Gasteiger partial charge in [0, 0.05) is 11.8 Å². The second-order valence-electron chi connectivity index (χ2n) is 3.58. The molecule has 96 valence electrons. The van der Waals surface area contributed by atoms with Crippen molar-refractivity contribution in [1.29, 1.82) is 0 Å². The van der Waals surface area contributed by atoms with E-state index >= 15 is 0 Å². The predicted octanol–water partition coefficient (Wildman–Crippen LogP) is 2.85. The van der Waals surface area contributed by atoms with Crippen LogP contribution in [-0.4, -0.2) is 23.0 Å². The molecular formula is C10H14F3N3S. The lowest BCUT2D eigenvalue weighted by Crippen LogP contribution is -2.15. The maximum absolute atomic E-state index is 12.4. The summed E-state index contributed by atoms with van der Waals surface area (Å²) in [5, 5.41) is 3.18. The smallest absolute Gasteiger partial charge is 0.396 e. The highest BCUT2D eigenvalue weighted by molar-refractivity contribution is 7.99. The van der Waals surface area contributed by atoms with Crippen LogP contribution in [0.4, 0.5) is 24.5 Å². The van der Waals surface area contributed by atoms with Crippen LogP contribution in [0.15, 0.2) is 12.3 Å². The van der Waals surface area contributed by atoms with E-state index in [9.17, 15) is 13.2 Å². The molecule has 1 atom stereocenters. The number of hydrogen-bond donors (Lipinski definition) is 2. The molecular weight excluding hydrogens is 251 g/mol. The maximum atomic E-state index is 12.4. The van der Waals surface area contributed by atoms with Crippen LogP contribution >= 0.6 is 11.8 Å². The highest BCUT2D eigenvalue weighted by Crippen LogP contribution is 2.31. The Balaban J connectivity index is 2.84. The Morgan fingerprint density at radius 3 is 2.71 bits per heavy atom. The number of nitrogens with zero attached hydrogens (tertiary/aromatic N) is 1. The van der Waals surface area contributed by atoms with Gasteiger partial charge in [0.15, 0.2) is 0 Å². The third kappa shape index (κ3) is 3.99. The van der Waals surface area contributed by atoms with Gasteiger partial charge in [-0.3, -0.25) is 0 Å². The summed E-state index contributed by atoms with van der Waals surface area (Å²) in [4.78, 5) is 3.26. The lowest BCUT2D eigenvalue weighted by molar-refractivity contribution is -0.141. The molecule has 1 unspecified atom stereocenters. The van der Waals surface area contributed by atoms with Crippen LogP contribution in [0.5, 0.6) is 0 Å². The van der Waals surface area contributed by atoms with Crippen molar-refractivity contribution in [3.05, 3.63) is 18.0 Å². The zero-order valence-electron chi connectivity index (χ0n) is 9.51. The molecule has 17 heavy (non-hydrogen) atoms. The normalized spacial score (nSPS) is 13.5. The van der Waals surface area contributed by atoms with Crippen molar-refractivity contribution in [3.63, 3.8) is 0 Å². The number of aromatic nitrogens is 1. The lowest BCUT2D eigenvalue weighted by Gasteiger charge is -2.14. The van der Waals surface area contributed by atoms with E-state index in [-0.39, 0.29) is 16.6 Å². The van der Waals surface area contributed by atoms with Crippen molar-refractivity contribution in [2.24, 2.45) is 0 Å². The molecule has 0 bridgehead atoms. The van der Waals surface area contributed by atoms with Gasteiger partial charge in [-0.2, -0.15) is 24.9 Å². The Morgan fingerprint density at radius 1 is 1.53 bits per heavy atom. The molecule has 0 radical (unpaired) electrons. The van der Waals surface area contributed by atoms with Crippen LogP contribution < -0.4 is 11.1 Å². The van der Waals surface area contributed by atoms with Crippen LogP contribution in [0.1, 0.15) is 12.6 Å². The number of alkyl halides is 3. The van der Waals surface area contributed by atoms with Crippen LogP contribution in [0.25, 0.3) is 0 Å². The largest absolute Gasteiger partial charge is 0.433 e. The molecule has 1 rings (SSSR count). The number of nitrogens with two attached hydrogens (primary N) is 1. The number of hydrogen-bond acceptors (Lipinski definition) is 4. The first-order valence-corrected chi connectivity index (χ1v) is 6.22. The Labute approximate surface area is 102 Å². The minimum absolute atomic E-state index is 0.214. The standard InChI is InChI=1S/C10H14F3N3S/c1-6(17-2)4-15-8-3-9(10(11,12)13)16-5-7(8)14/h3,5-6H,4,14H2,1-2H3,(H,15,16). The van der Waals surface area contributed by atoms with Gasteiger partial charge < -0.3 is 11.1 Å². The molecule has 7 heteroatoms. The van der Waals surface area contributed by atoms with E-state index in [1.165, 1.54) is 0 Å². The lowest BCUT2D eigenvalue weighted by atomic mass is 10.2.